The zero-order valence-corrected chi connectivity index (χ0v) is 35.2. The maximum Gasteiger partial charge on any atom is 0.0725 e. The van der Waals surface area contributed by atoms with Crippen LogP contribution in [0.15, 0.2) is 182 Å². The molecule has 0 aliphatic heterocycles. The van der Waals surface area contributed by atoms with Crippen LogP contribution >= 0.6 is 0 Å². The summed E-state index contributed by atoms with van der Waals surface area (Å²) in [5.41, 5.74) is 29.6. The van der Waals surface area contributed by atoms with Gasteiger partial charge in [0.05, 0.1) is 5.41 Å². The molecule has 0 aromatic heterocycles. The minimum Gasteiger partial charge on any atom is -0.0836 e. The molecule has 15 rings (SSSR count). The fourth-order valence-electron chi connectivity index (χ4n) is 13.3. The predicted octanol–water partition coefficient (Wildman–Crippen LogP) is 16.7. The maximum absolute atomic E-state index is 2.61. The van der Waals surface area contributed by atoms with Gasteiger partial charge in [-0.15, -0.1) is 0 Å². The predicted molar refractivity (Wildman–Crippen MR) is 265 cm³/mol. The normalized spacial score (nSPS) is 15.0. The van der Waals surface area contributed by atoms with Crippen LogP contribution in [-0.2, 0) is 5.41 Å². The van der Waals surface area contributed by atoms with E-state index in [9.17, 15) is 0 Å². The van der Waals surface area contributed by atoms with Crippen LogP contribution < -0.4 is 0 Å². The molecule has 0 saturated carbocycles. The van der Waals surface area contributed by atoms with Gasteiger partial charge in [0, 0.05) is 0 Å². The van der Waals surface area contributed by atoms with E-state index in [0.29, 0.717) is 0 Å². The Labute approximate surface area is 367 Å². The SMILES string of the molecule is Cc1cc2c3c(c(C)cc(-c4ccc5cc6c(c(-c7ccccc7)c5c4)-c4cccc5c7c(cc-6c45)C4(c5ccccc5-c5ccccc54)c4ccccc4-7)c3c1)C1=C2C=CCC1. The van der Waals surface area contributed by atoms with E-state index in [2.05, 4.69) is 196 Å². The molecular formula is C63H40. The number of hydrogen-bond donors (Lipinski definition) is 0. The molecule has 0 N–H and O–H groups in total. The largest absolute Gasteiger partial charge is 0.0836 e. The lowest BCUT2D eigenvalue weighted by molar-refractivity contribution is 0.795. The highest BCUT2D eigenvalue weighted by atomic mass is 14.5. The van der Waals surface area contributed by atoms with Crippen molar-refractivity contribution >= 4 is 43.5 Å². The van der Waals surface area contributed by atoms with Crippen molar-refractivity contribution in [3.05, 3.63) is 227 Å². The second-order valence-electron chi connectivity index (χ2n) is 18.6. The molecule has 10 aromatic rings. The molecule has 10 aromatic carbocycles. The first kappa shape index (κ1) is 34.1. The Morgan fingerprint density at radius 3 is 1.90 bits per heavy atom. The quantitative estimate of drug-likeness (QED) is 0.163. The first-order valence-electron chi connectivity index (χ1n) is 22.6. The highest BCUT2D eigenvalue weighted by Gasteiger charge is 2.52. The van der Waals surface area contributed by atoms with Crippen molar-refractivity contribution in [1.29, 1.82) is 0 Å². The van der Waals surface area contributed by atoms with E-state index >= 15 is 0 Å². The number of fused-ring (bicyclic) bond motifs is 17. The van der Waals surface area contributed by atoms with Crippen LogP contribution in [0.4, 0.5) is 0 Å². The van der Waals surface area contributed by atoms with Gasteiger partial charge in [0.25, 0.3) is 0 Å². The van der Waals surface area contributed by atoms with Crippen molar-refractivity contribution in [2.45, 2.75) is 32.1 Å². The molecule has 292 valence electrons. The molecule has 0 heterocycles. The number of hydrogen-bond acceptors (Lipinski definition) is 0. The number of rotatable bonds is 2. The molecule has 5 aliphatic rings. The molecule has 0 radical (unpaired) electrons. The maximum atomic E-state index is 2.61. The van der Waals surface area contributed by atoms with Crippen molar-refractivity contribution in [2.24, 2.45) is 0 Å². The molecule has 1 spiro atoms. The van der Waals surface area contributed by atoms with Gasteiger partial charge in [0.15, 0.2) is 0 Å². The number of benzene rings is 10. The van der Waals surface area contributed by atoms with Crippen LogP contribution in [0.5, 0.6) is 0 Å². The third-order valence-electron chi connectivity index (χ3n) is 15.5. The Balaban J connectivity index is 1.03. The minimum atomic E-state index is -0.405. The van der Waals surface area contributed by atoms with E-state index in [1.807, 2.05) is 0 Å². The Hall–Kier alpha value is -7.54. The smallest absolute Gasteiger partial charge is 0.0725 e. The monoisotopic (exact) mass is 796 g/mol. The Morgan fingerprint density at radius 2 is 1.11 bits per heavy atom. The summed E-state index contributed by atoms with van der Waals surface area (Å²) in [7, 11) is 0. The van der Waals surface area contributed by atoms with E-state index < -0.39 is 5.41 Å². The average molecular weight is 797 g/mol. The van der Waals surface area contributed by atoms with E-state index in [1.165, 1.54) is 155 Å². The summed E-state index contributed by atoms with van der Waals surface area (Å²) in [6.45, 7) is 4.60. The van der Waals surface area contributed by atoms with Crippen LogP contribution in [0.25, 0.3) is 110 Å². The number of allylic oxidation sites excluding steroid dienone is 4. The molecule has 0 nitrogen and oxygen atoms in total. The van der Waals surface area contributed by atoms with Gasteiger partial charge >= 0.3 is 0 Å². The Bertz CT molecular complexity index is 3800. The summed E-state index contributed by atoms with van der Waals surface area (Å²) < 4.78 is 0. The van der Waals surface area contributed by atoms with Crippen LogP contribution in [-0.4, -0.2) is 0 Å². The molecule has 0 unspecified atom stereocenters. The molecule has 0 amide bonds. The molecule has 0 heteroatoms. The van der Waals surface area contributed by atoms with Crippen molar-refractivity contribution in [3.63, 3.8) is 0 Å². The summed E-state index contributed by atoms with van der Waals surface area (Å²) in [5.74, 6) is 0. The summed E-state index contributed by atoms with van der Waals surface area (Å²) >= 11 is 0. The molecule has 0 atom stereocenters. The van der Waals surface area contributed by atoms with E-state index in [-0.39, 0.29) is 0 Å². The molecular weight excluding hydrogens is 757 g/mol. The molecule has 0 fully saturated rings. The zero-order valence-electron chi connectivity index (χ0n) is 35.2. The van der Waals surface area contributed by atoms with Crippen LogP contribution in [0.1, 0.15) is 57.3 Å². The van der Waals surface area contributed by atoms with Crippen molar-refractivity contribution in [1.82, 2.24) is 0 Å². The fourth-order valence-corrected chi connectivity index (χ4v) is 13.3. The van der Waals surface area contributed by atoms with Crippen molar-refractivity contribution in [3.8, 4) is 66.8 Å². The molecule has 0 saturated heterocycles. The fraction of sp³-hybridized carbons (Fsp3) is 0.0794. The molecule has 63 heavy (non-hydrogen) atoms. The van der Waals surface area contributed by atoms with Gasteiger partial charge in [0.1, 0.15) is 0 Å². The van der Waals surface area contributed by atoms with Crippen LogP contribution in [0, 0.1) is 13.8 Å². The molecule has 0 bridgehead atoms. The summed E-state index contributed by atoms with van der Waals surface area (Å²) in [6, 6.07) is 65.6. The van der Waals surface area contributed by atoms with E-state index in [0.717, 1.165) is 12.8 Å². The first-order valence-corrected chi connectivity index (χ1v) is 22.6. The Morgan fingerprint density at radius 1 is 0.397 bits per heavy atom. The van der Waals surface area contributed by atoms with Gasteiger partial charge in [-0.1, -0.05) is 164 Å². The topological polar surface area (TPSA) is 0 Å². The molecule has 5 aliphatic carbocycles. The van der Waals surface area contributed by atoms with E-state index in [1.54, 1.807) is 0 Å². The van der Waals surface area contributed by atoms with E-state index in [4.69, 9.17) is 0 Å². The lowest BCUT2D eigenvalue weighted by Crippen LogP contribution is -2.25. The van der Waals surface area contributed by atoms with Crippen LogP contribution in [0.2, 0.25) is 0 Å². The Kier molecular flexibility index (Phi) is 6.43. The van der Waals surface area contributed by atoms with Gasteiger partial charge in [0.2, 0.25) is 0 Å². The third kappa shape index (κ3) is 4.09. The van der Waals surface area contributed by atoms with Gasteiger partial charge in [-0.25, -0.2) is 0 Å². The zero-order chi connectivity index (χ0) is 41.3. The summed E-state index contributed by atoms with van der Waals surface area (Å²) in [6.07, 6.45) is 6.97. The van der Waals surface area contributed by atoms with Crippen LogP contribution in [0.3, 0.4) is 0 Å². The number of aryl methyl sites for hydroxylation is 2. The second-order valence-corrected chi connectivity index (χ2v) is 18.6. The summed E-state index contributed by atoms with van der Waals surface area (Å²) in [5, 5.41) is 8.09. The standard InChI is InChI=1S/C63H40/c1-35-29-49-40-17-6-7-20-43(40)57-36(2)31-47(50(30-35)62(49)57)38-27-28-39-33-51-52-34-56-60(45-22-14-23-46(59(45)52)61(51)58(48(39)32-38)37-15-4-3-5-16-37)44-21-10-13-26-55(44)63(56)53-24-11-8-18-41(53)42-19-9-12-25-54(42)63/h3-6,8-19,21-34H,7,20H2,1-2H3. The highest BCUT2D eigenvalue weighted by Crippen LogP contribution is 2.66. The van der Waals surface area contributed by atoms with Crippen molar-refractivity contribution < 1.29 is 0 Å². The van der Waals surface area contributed by atoms with Gasteiger partial charge in [-0.2, -0.15) is 0 Å². The first-order chi connectivity index (χ1) is 31.1. The highest BCUT2D eigenvalue weighted by molar-refractivity contribution is 6.26. The average Bonchev–Trinajstić information content (AvgIpc) is 4.03. The minimum absolute atomic E-state index is 0.405. The van der Waals surface area contributed by atoms with Gasteiger partial charge in [-0.05, 0) is 200 Å². The lowest BCUT2D eigenvalue weighted by atomic mass is 9.70. The van der Waals surface area contributed by atoms with Gasteiger partial charge < -0.3 is 0 Å². The lowest BCUT2D eigenvalue weighted by Gasteiger charge is -2.30. The summed E-state index contributed by atoms with van der Waals surface area (Å²) in [4.78, 5) is 0. The van der Waals surface area contributed by atoms with Gasteiger partial charge in [-0.3, -0.25) is 0 Å². The third-order valence-corrected chi connectivity index (χ3v) is 15.5. The van der Waals surface area contributed by atoms with Crippen molar-refractivity contribution in [2.75, 3.05) is 0 Å². The second kappa shape index (κ2) is 11.9.